The Morgan fingerprint density at radius 1 is 1.19 bits per heavy atom. The lowest BCUT2D eigenvalue weighted by molar-refractivity contribution is 0.482. The Balaban J connectivity index is 1.95. The van der Waals surface area contributed by atoms with Crippen LogP contribution in [0.15, 0.2) is 44.6 Å². The van der Waals surface area contributed by atoms with Gasteiger partial charge in [-0.15, -0.1) is 0 Å². The van der Waals surface area contributed by atoms with Crippen LogP contribution in [0.1, 0.15) is 31.7 Å². The van der Waals surface area contributed by atoms with Gasteiger partial charge >= 0.3 is 0 Å². The molecule has 0 radical (unpaired) electrons. The summed E-state index contributed by atoms with van der Waals surface area (Å²) in [6, 6.07) is 6.36. The van der Waals surface area contributed by atoms with Gasteiger partial charge in [0.1, 0.15) is 5.69 Å². The molecular weight excluding hydrogens is 420 g/mol. The molecule has 2 aromatic heterocycles. The molecule has 0 spiro atoms. The molecule has 1 aliphatic rings. The highest BCUT2D eigenvalue weighted by molar-refractivity contribution is 9.10. The van der Waals surface area contributed by atoms with Gasteiger partial charge in [-0.2, -0.15) is 5.10 Å². The lowest BCUT2D eigenvalue weighted by Gasteiger charge is -2.11. The minimum Gasteiger partial charge on any atom is -0.327 e. The van der Waals surface area contributed by atoms with E-state index in [1.807, 2.05) is 4.68 Å². The third kappa shape index (κ3) is 2.89. The SMILES string of the molecule is NS(=O)(=O)c1ccc(-c2nn(C3CCCC3)c3c(Br)c[nH]c(=O)c23)cc1. The molecule has 1 aromatic carbocycles. The number of nitrogens with zero attached hydrogens (tertiary/aromatic N) is 2. The summed E-state index contributed by atoms with van der Waals surface area (Å²) >= 11 is 3.53. The van der Waals surface area contributed by atoms with Crippen LogP contribution in [0.2, 0.25) is 0 Å². The number of sulfonamides is 1. The summed E-state index contributed by atoms with van der Waals surface area (Å²) < 4.78 is 25.6. The normalized spacial score (nSPS) is 15.8. The number of nitrogens with one attached hydrogen (secondary N) is 1. The monoisotopic (exact) mass is 436 g/mol. The number of nitrogens with two attached hydrogens (primary N) is 1. The molecular formula is C17H17BrN4O3S. The van der Waals surface area contributed by atoms with E-state index in [2.05, 4.69) is 20.9 Å². The molecule has 2 heterocycles. The second kappa shape index (κ2) is 6.33. The van der Waals surface area contributed by atoms with Gasteiger partial charge in [0.25, 0.3) is 5.56 Å². The van der Waals surface area contributed by atoms with Gasteiger partial charge in [-0.05, 0) is 40.9 Å². The fourth-order valence-corrected chi connectivity index (χ4v) is 4.58. The van der Waals surface area contributed by atoms with E-state index in [1.54, 1.807) is 18.3 Å². The largest absolute Gasteiger partial charge is 0.327 e. The molecule has 136 valence electrons. The maximum atomic E-state index is 12.5. The Kier molecular flexibility index (Phi) is 4.25. The smallest absolute Gasteiger partial charge is 0.259 e. The minimum absolute atomic E-state index is 0.0240. The van der Waals surface area contributed by atoms with Crippen LogP contribution in [0, 0.1) is 0 Å². The molecule has 4 rings (SSSR count). The molecule has 0 amide bonds. The number of aromatic nitrogens is 3. The van der Waals surface area contributed by atoms with Gasteiger partial charge < -0.3 is 4.98 Å². The lowest BCUT2D eigenvalue weighted by Crippen LogP contribution is -2.11. The summed E-state index contributed by atoms with van der Waals surface area (Å²) in [6.07, 6.45) is 5.97. The Morgan fingerprint density at radius 2 is 1.85 bits per heavy atom. The Bertz CT molecular complexity index is 1140. The van der Waals surface area contributed by atoms with Gasteiger partial charge in [0, 0.05) is 11.8 Å². The van der Waals surface area contributed by atoms with E-state index in [9.17, 15) is 13.2 Å². The van der Waals surface area contributed by atoms with Crippen molar-refractivity contribution >= 4 is 36.9 Å². The van der Waals surface area contributed by atoms with E-state index in [0.29, 0.717) is 16.6 Å². The molecule has 3 N–H and O–H groups in total. The highest BCUT2D eigenvalue weighted by Crippen LogP contribution is 2.36. The highest BCUT2D eigenvalue weighted by Gasteiger charge is 2.25. The van der Waals surface area contributed by atoms with Crippen molar-refractivity contribution in [2.75, 3.05) is 0 Å². The molecule has 1 aliphatic carbocycles. The second-order valence-corrected chi connectivity index (χ2v) is 8.91. The molecule has 1 saturated carbocycles. The van der Waals surface area contributed by atoms with E-state index >= 15 is 0 Å². The maximum Gasteiger partial charge on any atom is 0.259 e. The number of rotatable bonds is 3. The number of hydrogen-bond acceptors (Lipinski definition) is 4. The summed E-state index contributed by atoms with van der Waals surface area (Å²) in [5.41, 5.74) is 1.75. The summed E-state index contributed by atoms with van der Waals surface area (Å²) in [5, 5.41) is 10.4. The van der Waals surface area contributed by atoms with Crippen molar-refractivity contribution in [3.05, 3.63) is 45.3 Å². The van der Waals surface area contributed by atoms with Crippen LogP contribution in [0.4, 0.5) is 0 Å². The second-order valence-electron chi connectivity index (χ2n) is 6.49. The van der Waals surface area contributed by atoms with Crippen molar-refractivity contribution in [1.82, 2.24) is 14.8 Å². The highest BCUT2D eigenvalue weighted by atomic mass is 79.9. The van der Waals surface area contributed by atoms with Crippen LogP contribution in [-0.2, 0) is 10.0 Å². The number of halogens is 1. The molecule has 0 aliphatic heterocycles. The zero-order valence-electron chi connectivity index (χ0n) is 13.8. The molecule has 0 saturated heterocycles. The van der Waals surface area contributed by atoms with Crippen molar-refractivity contribution in [2.24, 2.45) is 5.14 Å². The van der Waals surface area contributed by atoms with Gasteiger partial charge in [0.05, 0.1) is 26.3 Å². The summed E-state index contributed by atoms with van der Waals surface area (Å²) in [6.45, 7) is 0. The van der Waals surface area contributed by atoms with E-state index in [4.69, 9.17) is 10.2 Å². The van der Waals surface area contributed by atoms with E-state index in [1.165, 1.54) is 12.1 Å². The van der Waals surface area contributed by atoms with Crippen molar-refractivity contribution in [3.8, 4) is 11.3 Å². The maximum absolute atomic E-state index is 12.5. The average Bonchev–Trinajstić information content (AvgIpc) is 3.25. The molecule has 7 nitrogen and oxygen atoms in total. The molecule has 26 heavy (non-hydrogen) atoms. The third-order valence-corrected chi connectivity index (χ3v) is 6.35. The standard InChI is InChI=1S/C17H17BrN4O3S/c18-13-9-20-17(23)14-15(10-5-7-12(8-6-10)26(19,24)25)21-22(16(13)14)11-3-1-2-4-11/h5-9,11H,1-4H2,(H,20,23)(H2,19,24,25). The third-order valence-electron chi connectivity index (χ3n) is 4.82. The molecule has 3 aromatic rings. The zero-order valence-corrected chi connectivity index (χ0v) is 16.2. The Hall–Kier alpha value is -1.97. The molecule has 0 bridgehead atoms. The van der Waals surface area contributed by atoms with Crippen LogP contribution in [-0.4, -0.2) is 23.2 Å². The van der Waals surface area contributed by atoms with E-state index < -0.39 is 10.0 Å². The topological polar surface area (TPSA) is 111 Å². The first kappa shape index (κ1) is 17.4. The van der Waals surface area contributed by atoms with Crippen molar-refractivity contribution in [3.63, 3.8) is 0 Å². The number of H-pyrrole nitrogens is 1. The van der Waals surface area contributed by atoms with Crippen LogP contribution < -0.4 is 10.7 Å². The molecule has 0 atom stereocenters. The first-order valence-corrected chi connectivity index (χ1v) is 10.6. The van der Waals surface area contributed by atoms with Crippen LogP contribution in [0.25, 0.3) is 22.2 Å². The lowest BCUT2D eigenvalue weighted by atomic mass is 10.1. The molecule has 0 unspecified atom stereocenters. The van der Waals surface area contributed by atoms with Crippen LogP contribution >= 0.6 is 15.9 Å². The van der Waals surface area contributed by atoms with Crippen LogP contribution in [0.5, 0.6) is 0 Å². The quantitative estimate of drug-likeness (QED) is 0.656. The Morgan fingerprint density at radius 3 is 2.46 bits per heavy atom. The van der Waals surface area contributed by atoms with Gasteiger partial charge in [-0.25, -0.2) is 13.6 Å². The van der Waals surface area contributed by atoms with E-state index in [-0.39, 0.29) is 16.5 Å². The summed E-state index contributed by atoms with van der Waals surface area (Å²) in [4.78, 5) is 15.3. The average molecular weight is 437 g/mol. The van der Waals surface area contributed by atoms with Gasteiger partial charge in [0.15, 0.2) is 0 Å². The summed E-state index contributed by atoms with van der Waals surface area (Å²) in [5.74, 6) is 0. The fourth-order valence-electron chi connectivity index (χ4n) is 3.57. The predicted molar refractivity (Wildman–Crippen MR) is 102 cm³/mol. The van der Waals surface area contributed by atoms with Gasteiger partial charge in [0.2, 0.25) is 10.0 Å². The van der Waals surface area contributed by atoms with Gasteiger partial charge in [-0.3, -0.25) is 9.48 Å². The van der Waals surface area contributed by atoms with Crippen molar-refractivity contribution < 1.29 is 8.42 Å². The molecule has 9 heteroatoms. The summed E-state index contributed by atoms with van der Waals surface area (Å²) in [7, 11) is -3.77. The number of hydrogen-bond donors (Lipinski definition) is 2. The minimum atomic E-state index is -3.77. The Labute approximate surface area is 158 Å². The number of fused-ring (bicyclic) bond motifs is 1. The first-order chi connectivity index (χ1) is 12.4. The molecule has 1 fully saturated rings. The van der Waals surface area contributed by atoms with E-state index in [0.717, 1.165) is 35.7 Å². The number of primary sulfonamides is 1. The number of aromatic amines is 1. The van der Waals surface area contributed by atoms with Crippen LogP contribution in [0.3, 0.4) is 0 Å². The van der Waals surface area contributed by atoms with Gasteiger partial charge in [-0.1, -0.05) is 25.0 Å². The first-order valence-electron chi connectivity index (χ1n) is 8.29. The van der Waals surface area contributed by atoms with Crippen molar-refractivity contribution in [2.45, 2.75) is 36.6 Å². The zero-order chi connectivity index (χ0) is 18.5. The predicted octanol–water partition coefficient (Wildman–Crippen LogP) is 2.92. The van der Waals surface area contributed by atoms with Crippen molar-refractivity contribution in [1.29, 1.82) is 0 Å². The fraction of sp³-hybridized carbons (Fsp3) is 0.294. The number of pyridine rings is 1. The number of benzene rings is 1.